The highest BCUT2D eigenvalue weighted by atomic mass is 16.6. The molecule has 0 saturated heterocycles. The number of hydrogen-bond acceptors (Lipinski definition) is 4. The van der Waals surface area contributed by atoms with Crippen molar-refractivity contribution in [3.05, 3.63) is 167 Å². The maximum atomic E-state index is 13.9. The summed E-state index contributed by atoms with van der Waals surface area (Å²) in [5, 5.41) is 3.59. The molecule has 6 aromatic rings. The van der Waals surface area contributed by atoms with E-state index in [-0.39, 0.29) is 11.8 Å². The van der Waals surface area contributed by atoms with Crippen molar-refractivity contribution in [2.24, 2.45) is 0 Å². The second-order valence-corrected chi connectivity index (χ2v) is 11.0. The molecule has 0 radical (unpaired) electrons. The van der Waals surface area contributed by atoms with Crippen molar-refractivity contribution in [2.75, 3.05) is 0 Å². The molecule has 0 aliphatic heterocycles. The molecule has 0 spiro atoms. The van der Waals surface area contributed by atoms with Gasteiger partial charge in [-0.2, -0.15) is 0 Å². The van der Waals surface area contributed by atoms with E-state index in [2.05, 4.69) is 24.3 Å². The van der Waals surface area contributed by atoms with Gasteiger partial charge < -0.3 is 9.47 Å². The lowest BCUT2D eigenvalue weighted by Gasteiger charge is -2.49. The van der Waals surface area contributed by atoms with Crippen LogP contribution in [0.15, 0.2) is 133 Å². The fraction of sp³-hybridized carbons (Fsp3) is 0.105. The van der Waals surface area contributed by atoms with Crippen LogP contribution in [0.5, 0.6) is 0 Å². The molecule has 2 bridgehead atoms. The van der Waals surface area contributed by atoms with Crippen LogP contribution in [0.4, 0.5) is 0 Å². The summed E-state index contributed by atoms with van der Waals surface area (Å²) in [6.45, 7) is 0. The van der Waals surface area contributed by atoms with E-state index in [1.807, 2.05) is 97.1 Å². The van der Waals surface area contributed by atoms with Gasteiger partial charge in [0.05, 0.1) is 23.0 Å². The summed E-state index contributed by atoms with van der Waals surface area (Å²) >= 11 is 0. The summed E-state index contributed by atoms with van der Waals surface area (Å²) in [4.78, 5) is 27.9. The molecule has 0 fully saturated rings. The van der Waals surface area contributed by atoms with Crippen LogP contribution in [0.1, 0.15) is 54.8 Å². The molecule has 0 aromatic heterocycles. The van der Waals surface area contributed by atoms with Crippen molar-refractivity contribution < 1.29 is 19.1 Å². The van der Waals surface area contributed by atoms with Crippen molar-refractivity contribution >= 4 is 33.5 Å². The zero-order valence-corrected chi connectivity index (χ0v) is 22.6. The van der Waals surface area contributed by atoms with Gasteiger partial charge in [-0.15, -0.1) is 0 Å². The molecular formula is C38H26O4. The zero-order valence-electron chi connectivity index (χ0n) is 22.6. The van der Waals surface area contributed by atoms with E-state index in [0.717, 1.165) is 43.8 Å². The first-order valence-corrected chi connectivity index (χ1v) is 14.2. The summed E-state index contributed by atoms with van der Waals surface area (Å²) in [5.74, 6) is -1.39. The third-order valence-electron chi connectivity index (χ3n) is 8.82. The highest BCUT2D eigenvalue weighted by molar-refractivity contribution is 6.05. The largest absolute Gasteiger partial charge is 0.454 e. The lowest BCUT2D eigenvalue weighted by molar-refractivity contribution is -0.0555. The molecule has 0 heterocycles. The Hall–Kier alpha value is -5.22. The van der Waals surface area contributed by atoms with E-state index in [1.54, 1.807) is 12.1 Å². The van der Waals surface area contributed by atoms with Gasteiger partial charge in [-0.25, -0.2) is 9.59 Å². The predicted octanol–water partition coefficient (Wildman–Crippen LogP) is 8.04. The summed E-state index contributed by atoms with van der Waals surface area (Å²) in [7, 11) is 0. The maximum absolute atomic E-state index is 13.9. The molecule has 3 aliphatic carbocycles. The van der Waals surface area contributed by atoms with E-state index < -0.39 is 24.1 Å². The van der Waals surface area contributed by atoms with E-state index in [0.29, 0.717) is 11.1 Å². The molecule has 6 aromatic carbocycles. The van der Waals surface area contributed by atoms with Gasteiger partial charge in [0.2, 0.25) is 0 Å². The number of hydrogen-bond donors (Lipinski definition) is 0. The fourth-order valence-electron chi connectivity index (χ4n) is 7.03. The van der Waals surface area contributed by atoms with E-state index in [4.69, 9.17) is 9.47 Å². The topological polar surface area (TPSA) is 52.6 Å². The van der Waals surface area contributed by atoms with Crippen molar-refractivity contribution in [1.29, 1.82) is 0 Å². The van der Waals surface area contributed by atoms with Gasteiger partial charge in [-0.3, -0.25) is 0 Å². The molecule has 9 rings (SSSR count). The van der Waals surface area contributed by atoms with E-state index in [9.17, 15) is 9.59 Å². The minimum atomic E-state index is -0.704. The summed E-state index contributed by atoms with van der Waals surface area (Å²) in [5.41, 5.74) is 5.41. The Bertz CT molecular complexity index is 1820. The van der Waals surface area contributed by atoms with Crippen LogP contribution < -0.4 is 0 Å². The van der Waals surface area contributed by atoms with Crippen LogP contribution in [-0.2, 0) is 9.47 Å². The average molecular weight is 547 g/mol. The molecule has 0 amide bonds. The van der Waals surface area contributed by atoms with Crippen molar-refractivity contribution in [3.8, 4) is 0 Å². The molecule has 202 valence electrons. The molecule has 2 unspecified atom stereocenters. The van der Waals surface area contributed by atoms with Crippen LogP contribution >= 0.6 is 0 Å². The van der Waals surface area contributed by atoms with Crippen LogP contribution in [0, 0.1) is 0 Å². The van der Waals surface area contributed by atoms with Gasteiger partial charge in [0.15, 0.2) is 12.2 Å². The molecule has 42 heavy (non-hydrogen) atoms. The van der Waals surface area contributed by atoms with Gasteiger partial charge in [-0.1, -0.05) is 121 Å². The SMILES string of the molecule is O=C(OC1C2c3ccccc3C(c3ccccc32)C1OC(=O)c1cccc2ccccc12)c1cccc2ccccc12. The molecular weight excluding hydrogens is 520 g/mol. The van der Waals surface area contributed by atoms with Gasteiger partial charge >= 0.3 is 11.9 Å². The second-order valence-electron chi connectivity index (χ2n) is 11.0. The smallest absolute Gasteiger partial charge is 0.339 e. The van der Waals surface area contributed by atoms with Crippen LogP contribution in [0.25, 0.3) is 21.5 Å². The van der Waals surface area contributed by atoms with Crippen LogP contribution in [-0.4, -0.2) is 24.1 Å². The minimum absolute atomic E-state index is 0.272. The van der Waals surface area contributed by atoms with E-state index >= 15 is 0 Å². The molecule has 3 aliphatic rings. The number of benzene rings is 6. The standard InChI is InChI=1S/C38H26O4/c39-37(31-21-9-13-23-11-1-3-15-25(23)31)41-35-33-27-17-5-7-19-29(27)34(30-20-8-6-18-28(30)33)36(35)42-38(40)32-22-10-14-24-12-2-4-16-26(24)32/h1-22,33-36H. The first-order chi connectivity index (χ1) is 20.7. The molecule has 4 heteroatoms. The Balaban J connectivity index is 1.25. The van der Waals surface area contributed by atoms with Gasteiger partial charge in [-0.05, 0) is 55.9 Å². The third kappa shape index (κ3) is 3.76. The van der Waals surface area contributed by atoms with Crippen molar-refractivity contribution in [3.63, 3.8) is 0 Å². The lowest BCUT2D eigenvalue weighted by atomic mass is 9.61. The molecule has 0 saturated carbocycles. The quantitative estimate of drug-likeness (QED) is 0.210. The highest BCUT2D eigenvalue weighted by Gasteiger charge is 2.53. The highest BCUT2D eigenvalue weighted by Crippen LogP contribution is 2.55. The Morgan fingerprint density at radius 3 is 1.14 bits per heavy atom. The first-order valence-electron chi connectivity index (χ1n) is 14.2. The summed E-state index contributed by atoms with van der Waals surface area (Å²) in [6, 6.07) is 43.3. The summed E-state index contributed by atoms with van der Waals surface area (Å²) in [6.07, 6.45) is -1.41. The Kier molecular flexibility index (Phi) is 5.68. The third-order valence-corrected chi connectivity index (χ3v) is 8.82. The summed E-state index contributed by atoms with van der Waals surface area (Å²) < 4.78 is 12.9. The van der Waals surface area contributed by atoms with Crippen LogP contribution in [0.3, 0.4) is 0 Å². The second kappa shape index (κ2) is 9.71. The number of carbonyl (C=O) groups excluding carboxylic acids is 2. The number of carbonyl (C=O) groups is 2. The average Bonchev–Trinajstić information content (AvgIpc) is 3.05. The zero-order chi connectivity index (χ0) is 28.2. The molecule has 2 atom stereocenters. The maximum Gasteiger partial charge on any atom is 0.339 e. The van der Waals surface area contributed by atoms with Crippen molar-refractivity contribution in [1.82, 2.24) is 0 Å². The molecule has 0 N–H and O–H groups in total. The minimum Gasteiger partial charge on any atom is -0.454 e. The Labute approximate surface area is 243 Å². The van der Waals surface area contributed by atoms with Gasteiger partial charge in [0.25, 0.3) is 0 Å². The van der Waals surface area contributed by atoms with Gasteiger partial charge in [0, 0.05) is 0 Å². The Morgan fingerprint density at radius 1 is 0.405 bits per heavy atom. The normalized spacial score (nSPS) is 20.1. The first kappa shape index (κ1) is 24.6. The monoisotopic (exact) mass is 546 g/mol. The van der Waals surface area contributed by atoms with Gasteiger partial charge in [0.1, 0.15) is 0 Å². The number of fused-ring (bicyclic) bond motifs is 3. The molecule has 4 nitrogen and oxygen atoms in total. The Morgan fingerprint density at radius 2 is 0.738 bits per heavy atom. The predicted molar refractivity (Wildman–Crippen MR) is 163 cm³/mol. The number of esters is 2. The van der Waals surface area contributed by atoms with Crippen LogP contribution in [0.2, 0.25) is 0 Å². The number of rotatable bonds is 4. The fourth-order valence-corrected chi connectivity index (χ4v) is 7.03. The number of ether oxygens (including phenoxy) is 2. The van der Waals surface area contributed by atoms with Crippen molar-refractivity contribution in [2.45, 2.75) is 24.0 Å². The van der Waals surface area contributed by atoms with E-state index in [1.165, 1.54) is 0 Å². The lowest BCUT2D eigenvalue weighted by Crippen LogP contribution is -2.51.